The minimum Gasteiger partial charge on any atom is -0.368 e. The maximum atomic E-state index is 12.5. The number of nitrogens with zero attached hydrogens (tertiary/aromatic N) is 2. The highest BCUT2D eigenvalue weighted by molar-refractivity contribution is 7.89. The normalized spacial score (nSPS) is 14.9. The van der Waals surface area contributed by atoms with Gasteiger partial charge in [0.25, 0.3) is 0 Å². The summed E-state index contributed by atoms with van der Waals surface area (Å²) in [6.45, 7) is 6.36. The van der Waals surface area contributed by atoms with Crippen LogP contribution >= 0.6 is 11.6 Å². The number of nitrogens with one attached hydrogen (secondary N) is 1. The molecule has 1 heterocycles. The molecule has 29 heavy (non-hydrogen) atoms. The highest BCUT2D eigenvalue weighted by Gasteiger charge is 2.22. The molecule has 0 saturated carbocycles. The molecule has 0 spiro atoms. The van der Waals surface area contributed by atoms with Gasteiger partial charge in [0.15, 0.2) is 0 Å². The number of sulfonamides is 1. The second-order valence-electron chi connectivity index (χ2n) is 7.26. The van der Waals surface area contributed by atoms with Crippen LogP contribution in [0.25, 0.3) is 0 Å². The molecule has 0 bridgehead atoms. The molecular formula is C21H26ClN3O3S. The second kappa shape index (κ2) is 9.15. The minimum absolute atomic E-state index is 0.0422. The molecule has 0 aromatic heterocycles. The Morgan fingerprint density at radius 2 is 1.79 bits per heavy atom. The number of benzene rings is 2. The maximum Gasteiger partial charge on any atom is 0.240 e. The summed E-state index contributed by atoms with van der Waals surface area (Å²) in [5.74, 6) is -0.0422. The number of hydrogen-bond acceptors (Lipinski definition) is 4. The van der Waals surface area contributed by atoms with Gasteiger partial charge in [0, 0.05) is 49.9 Å². The van der Waals surface area contributed by atoms with Crippen molar-refractivity contribution in [1.29, 1.82) is 0 Å². The van der Waals surface area contributed by atoms with Gasteiger partial charge in [0.1, 0.15) is 0 Å². The van der Waals surface area contributed by atoms with Crippen LogP contribution < -0.4 is 9.62 Å². The quantitative estimate of drug-likeness (QED) is 0.757. The fourth-order valence-corrected chi connectivity index (χ4v) is 4.96. The van der Waals surface area contributed by atoms with E-state index >= 15 is 0 Å². The van der Waals surface area contributed by atoms with E-state index in [0.29, 0.717) is 23.7 Å². The zero-order valence-corrected chi connectivity index (χ0v) is 18.3. The number of anilines is 1. The van der Waals surface area contributed by atoms with Crippen molar-refractivity contribution in [3.05, 3.63) is 58.6 Å². The van der Waals surface area contributed by atoms with Crippen LogP contribution in [0.15, 0.2) is 47.4 Å². The van der Waals surface area contributed by atoms with Crippen molar-refractivity contribution in [1.82, 2.24) is 9.62 Å². The van der Waals surface area contributed by atoms with Gasteiger partial charge in [-0.1, -0.05) is 29.8 Å². The topological polar surface area (TPSA) is 69.7 Å². The summed E-state index contributed by atoms with van der Waals surface area (Å²) in [5, 5.41) is 0.692. The van der Waals surface area contributed by atoms with Gasteiger partial charge in [0.2, 0.25) is 15.9 Å². The first-order valence-corrected chi connectivity index (χ1v) is 11.5. The lowest BCUT2D eigenvalue weighted by Gasteiger charge is -2.36. The van der Waals surface area contributed by atoms with Gasteiger partial charge >= 0.3 is 0 Å². The molecule has 0 radical (unpaired) electrons. The number of hydrogen-bond donors (Lipinski definition) is 1. The Kier molecular flexibility index (Phi) is 6.82. The zero-order chi connectivity index (χ0) is 21.0. The number of piperazine rings is 1. The predicted octanol–water partition coefficient (Wildman–Crippen LogP) is 2.97. The van der Waals surface area contributed by atoms with Crippen molar-refractivity contribution in [2.24, 2.45) is 0 Å². The van der Waals surface area contributed by atoms with E-state index in [0.717, 1.165) is 24.3 Å². The molecule has 2 aromatic carbocycles. The van der Waals surface area contributed by atoms with E-state index in [9.17, 15) is 13.2 Å². The SMILES string of the molecule is Cc1ccc(C)c(S(=O)(=O)NCCC(=O)N2CCN(c3cccc(Cl)c3)CC2)c1. The molecule has 1 aliphatic heterocycles. The molecule has 1 N–H and O–H groups in total. The van der Waals surface area contributed by atoms with Gasteiger partial charge in [-0.3, -0.25) is 4.79 Å². The highest BCUT2D eigenvalue weighted by Crippen LogP contribution is 2.21. The Balaban J connectivity index is 1.50. The molecular weight excluding hydrogens is 410 g/mol. The maximum absolute atomic E-state index is 12.5. The van der Waals surface area contributed by atoms with Crippen molar-refractivity contribution >= 4 is 33.2 Å². The Labute approximate surface area is 177 Å². The highest BCUT2D eigenvalue weighted by atomic mass is 35.5. The third-order valence-corrected chi connectivity index (χ3v) is 6.91. The lowest BCUT2D eigenvalue weighted by molar-refractivity contribution is -0.131. The van der Waals surface area contributed by atoms with Crippen LogP contribution in [0.2, 0.25) is 5.02 Å². The molecule has 1 fully saturated rings. The third-order valence-electron chi connectivity index (χ3n) is 5.07. The molecule has 1 aliphatic rings. The van der Waals surface area contributed by atoms with Crippen LogP contribution in [0, 0.1) is 13.8 Å². The summed E-state index contributed by atoms with van der Waals surface area (Å²) in [6, 6.07) is 13.0. The smallest absolute Gasteiger partial charge is 0.240 e. The van der Waals surface area contributed by atoms with Gasteiger partial charge in [-0.15, -0.1) is 0 Å². The Morgan fingerprint density at radius 3 is 2.48 bits per heavy atom. The van der Waals surface area contributed by atoms with Gasteiger partial charge < -0.3 is 9.80 Å². The summed E-state index contributed by atoms with van der Waals surface area (Å²) < 4.78 is 27.6. The molecule has 3 rings (SSSR count). The zero-order valence-electron chi connectivity index (χ0n) is 16.7. The lowest BCUT2D eigenvalue weighted by atomic mass is 10.2. The van der Waals surface area contributed by atoms with E-state index in [-0.39, 0.29) is 23.8 Å². The van der Waals surface area contributed by atoms with Crippen molar-refractivity contribution < 1.29 is 13.2 Å². The lowest BCUT2D eigenvalue weighted by Crippen LogP contribution is -2.49. The van der Waals surface area contributed by atoms with Crippen molar-refractivity contribution in [3.8, 4) is 0 Å². The molecule has 156 valence electrons. The van der Waals surface area contributed by atoms with Crippen LogP contribution in [0.5, 0.6) is 0 Å². The second-order valence-corrected chi connectivity index (χ2v) is 9.44. The first-order valence-electron chi connectivity index (χ1n) is 9.61. The predicted molar refractivity (Wildman–Crippen MR) is 116 cm³/mol. The standard InChI is InChI=1S/C21H26ClN3O3S/c1-16-6-7-17(2)20(14-16)29(27,28)23-9-8-21(26)25-12-10-24(11-13-25)19-5-3-4-18(22)15-19/h3-7,14-15,23H,8-13H2,1-2H3. The van der Waals surface area contributed by atoms with Crippen LogP contribution in [0.4, 0.5) is 5.69 Å². The van der Waals surface area contributed by atoms with Crippen molar-refractivity contribution in [3.63, 3.8) is 0 Å². The van der Waals surface area contributed by atoms with Gasteiger partial charge in [-0.05, 0) is 49.2 Å². The van der Waals surface area contributed by atoms with E-state index < -0.39 is 10.0 Å². The Morgan fingerprint density at radius 1 is 1.07 bits per heavy atom. The molecule has 2 aromatic rings. The van der Waals surface area contributed by atoms with E-state index in [1.807, 2.05) is 37.3 Å². The number of aryl methyl sites for hydroxylation is 2. The number of carbonyl (C=O) groups excluding carboxylic acids is 1. The number of rotatable bonds is 6. The summed E-state index contributed by atoms with van der Waals surface area (Å²) in [7, 11) is -3.63. The third kappa shape index (κ3) is 5.50. The molecule has 1 saturated heterocycles. The van der Waals surface area contributed by atoms with Crippen molar-refractivity contribution in [2.45, 2.75) is 25.2 Å². The number of carbonyl (C=O) groups is 1. The van der Waals surface area contributed by atoms with E-state index in [1.165, 1.54) is 0 Å². The van der Waals surface area contributed by atoms with Gasteiger partial charge in [0.05, 0.1) is 4.90 Å². The monoisotopic (exact) mass is 435 g/mol. The van der Waals surface area contributed by atoms with E-state index in [1.54, 1.807) is 24.0 Å². The summed E-state index contributed by atoms with van der Waals surface area (Å²) in [6.07, 6.45) is 0.140. The average molecular weight is 436 g/mol. The summed E-state index contributed by atoms with van der Waals surface area (Å²) in [5.41, 5.74) is 2.61. The summed E-state index contributed by atoms with van der Waals surface area (Å²) >= 11 is 6.05. The fraction of sp³-hybridized carbons (Fsp3) is 0.381. The number of halogens is 1. The first kappa shape index (κ1) is 21.6. The van der Waals surface area contributed by atoms with Crippen LogP contribution in [-0.4, -0.2) is 51.9 Å². The Hall–Kier alpha value is -2.09. The first-order chi connectivity index (χ1) is 13.8. The van der Waals surface area contributed by atoms with Crippen molar-refractivity contribution in [2.75, 3.05) is 37.6 Å². The van der Waals surface area contributed by atoms with E-state index in [2.05, 4.69) is 9.62 Å². The van der Waals surface area contributed by atoms with Gasteiger partial charge in [-0.25, -0.2) is 13.1 Å². The number of amides is 1. The van der Waals surface area contributed by atoms with Crippen LogP contribution in [0.3, 0.4) is 0 Å². The molecule has 0 aliphatic carbocycles. The molecule has 0 atom stereocenters. The molecule has 8 heteroatoms. The van der Waals surface area contributed by atoms with Gasteiger partial charge in [-0.2, -0.15) is 0 Å². The molecule has 0 unspecified atom stereocenters. The molecule has 6 nitrogen and oxygen atoms in total. The summed E-state index contributed by atoms with van der Waals surface area (Å²) in [4.78, 5) is 16.7. The fourth-order valence-electron chi connectivity index (χ4n) is 3.41. The van der Waals surface area contributed by atoms with Crippen LogP contribution in [0.1, 0.15) is 17.5 Å². The molecule has 1 amide bonds. The Bertz CT molecular complexity index is 986. The largest absolute Gasteiger partial charge is 0.368 e. The average Bonchev–Trinajstić information content (AvgIpc) is 2.69. The van der Waals surface area contributed by atoms with E-state index in [4.69, 9.17) is 11.6 Å². The van der Waals surface area contributed by atoms with Crippen LogP contribution in [-0.2, 0) is 14.8 Å². The minimum atomic E-state index is -3.63.